The molecule has 20 heavy (non-hydrogen) atoms. The van der Waals surface area contributed by atoms with Crippen LogP contribution in [0.3, 0.4) is 0 Å². The lowest BCUT2D eigenvalue weighted by Gasteiger charge is -2.11. The number of pyridine rings is 1. The number of nitrogens with zero attached hydrogens (tertiary/aromatic N) is 3. The molecule has 102 valence electrons. The van der Waals surface area contributed by atoms with Crippen molar-refractivity contribution in [1.29, 1.82) is 0 Å². The number of nitrogen functional groups attached to an aromatic ring is 1. The third-order valence-corrected chi connectivity index (χ3v) is 3.53. The lowest BCUT2D eigenvalue weighted by molar-refractivity contribution is 0.727. The van der Waals surface area contributed by atoms with Crippen molar-refractivity contribution in [2.24, 2.45) is 0 Å². The molecule has 6 heteroatoms. The van der Waals surface area contributed by atoms with Gasteiger partial charge in [0.1, 0.15) is 0 Å². The predicted molar refractivity (Wildman–Crippen MR) is 84.6 cm³/mol. The molecule has 0 unspecified atom stereocenters. The summed E-state index contributed by atoms with van der Waals surface area (Å²) in [6, 6.07) is 5.85. The standard InChI is InChI=1S/C14H14BrN5/c15-10-7-11-12(16)1-2-13(14(11)19-8-10)18-4-6-20-5-3-17-9-20/h1-3,5,7-9,18H,4,6,16H2. The topological polar surface area (TPSA) is 68.8 Å². The fourth-order valence-electron chi connectivity index (χ4n) is 2.10. The summed E-state index contributed by atoms with van der Waals surface area (Å²) in [5.41, 5.74) is 8.60. The van der Waals surface area contributed by atoms with E-state index in [9.17, 15) is 0 Å². The van der Waals surface area contributed by atoms with E-state index in [0.717, 1.165) is 39.8 Å². The van der Waals surface area contributed by atoms with Gasteiger partial charge in [-0.05, 0) is 34.1 Å². The van der Waals surface area contributed by atoms with Crippen molar-refractivity contribution in [2.45, 2.75) is 6.54 Å². The molecule has 3 aromatic rings. The average molecular weight is 332 g/mol. The Morgan fingerprint density at radius 1 is 1.35 bits per heavy atom. The SMILES string of the molecule is Nc1ccc(NCCn2ccnc2)c2ncc(Br)cc12. The van der Waals surface area contributed by atoms with Crippen LogP contribution in [0.5, 0.6) is 0 Å². The second-order valence-electron chi connectivity index (χ2n) is 4.48. The first-order chi connectivity index (χ1) is 9.74. The van der Waals surface area contributed by atoms with Crippen LogP contribution in [-0.2, 0) is 6.54 Å². The Labute approximate surface area is 125 Å². The minimum absolute atomic E-state index is 0.731. The Kier molecular flexibility index (Phi) is 3.56. The first kappa shape index (κ1) is 12.9. The van der Waals surface area contributed by atoms with E-state index in [2.05, 4.69) is 31.2 Å². The van der Waals surface area contributed by atoms with Gasteiger partial charge in [0.2, 0.25) is 0 Å². The zero-order chi connectivity index (χ0) is 13.9. The van der Waals surface area contributed by atoms with Gasteiger partial charge in [0.15, 0.2) is 0 Å². The highest BCUT2D eigenvalue weighted by Gasteiger charge is 2.06. The lowest BCUT2D eigenvalue weighted by Crippen LogP contribution is -2.09. The molecule has 0 saturated carbocycles. The van der Waals surface area contributed by atoms with Gasteiger partial charge in [-0.25, -0.2) is 4.98 Å². The molecule has 0 atom stereocenters. The summed E-state index contributed by atoms with van der Waals surface area (Å²) < 4.78 is 2.95. The van der Waals surface area contributed by atoms with Gasteiger partial charge in [-0.1, -0.05) is 0 Å². The molecule has 0 saturated heterocycles. The Morgan fingerprint density at radius 2 is 2.25 bits per heavy atom. The normalized spacial score (nSPS) is 10.8. The first-order valence-electron chi connectivity index (χ1n) is 6.27. The summed E-state index contributed by atoms with van der Waals surface area (Å²) in [6.07, 6.45) is 7.30. The smallest absolute Gasteiger partial charge is 0.0954 e. The molecule has 0 aliphatic rings. The fraction of sp³-hybridized carbons (Fsp3) is 0.143. The maximum Gasteiger partial charge on any atom is 0.0954 e. The van der Waals surface area contributed by atoms with E-state index < -0.39 is 0 Å². The van der Waals surface area contributed by atoms with Crippen molar-refractivity contribution in [3.8, 4) is 0 Å². The summed E-state index contributed by atoms with van der Waals surface area (Å²) in [5, 5.41) is 4.34. The van der Waals surface area contributed by atoms with E-state index in [1.807, 2.05) is 29.0 Å². The Balaban J connectivity index is 1.82. The van der Waals surface area contributed by atoms with Gasteiger partial charge in [-0.3, -0.25) is 4.98 Å². The van der Waals surface area contributed by atoms with Crippen molar-refractivity contribution in [2.75, 3.05) is 17.6 Å². The maximum absolute atomic E-state index is 6.00. The highest BCUT2D eigenvalue weighted by molar-refractivity contribution is 9.10. The van der Waals surface area contributed by atoms with Crippen LogP contribution in [0, 0.1) is 0 Å². The van der Waals surface area contributed by atoms with Crippen LogP contribution in [0.1, 0.15) is 0 Å². The highest BCUT2D eigenvalue weighted by atomic mass is 79.9. The Bertz CT molecular complexity index is 724. The molecule has 2 aromatic heterocycles. The van der Waals surface area contributed by atoms with Crippen LogP contribution >= 0.6 is 15.9 Å². The van der Waals surface area contributed by atoms with E-state index in [1.165, 1.54) is 0 Å². The average Bonchev–Trinajstić information content (AvgIpc) is 2.95. The van der Waals surface area contributed by atoms with Crippen LogP contribution in [0.25, 0.3) is 10.9 Å². The van der Waals surface area contributed by atoms with Crippen molar-refractivity contribution in [3.05, 3.63) is 47.6 Å². The van der Waals surface area contributed by atoms with Gasteiger partial charge in [0, 0.05) is 47.2 Å². The number of hydrogen-bond acceptors (Lipinski definition) is 4. The summed E-state index contributed by atoms with van der Waals surface area (Å²) in [6.45, 7) is 1.65. The van der Waals surface area contributed by atoms with Crippen molar-refractivity contribution in [3.63, 3.8) is 0 Å². The molecule has 0 radical (unpaired) electrons. The molecule has 2 heterocycles. The van der Waals surface area contributed by atoms with E-state index in [0.29, 0.717) is 0 Å². The van der Waals surface area contributed by atoms with E-state index in [1.54, 1.807) is 18.7 Å². The summed E-state index contributed by atoms with van der Waals surface area (Å²) in [7, 11) is 0. The molecule has 0 aliphatic heterocycles. The molecule has 0 aliphatic carbocycles. The van der Waals surface area contributed by atoms with Crippen molar-refractivity contribution in [1.82, 2.24) is 14.5 Å². The van der Waals surface area contributed by atoms with Gasteiger partial charge in [-0.2, -0.15) is 0 Å². The number of anilines is 2. The number of nitrogens with two attached hydrogens (primary N) is 1. The monoisotopic (exact) mass is 331 g/mol. The number of halogens is 1. The quantitative estimate of drug-likeness (QED) is 0.721. The largest absolute Gasteiger partial charge is 0.398 e. The third kappa shape index (κ3) is 2.60. The van der Waals surface area contributed by atoms with Crippen LogP contribution < -0.4 is 11.1 Å². The number of aromatic nitrogens is 3. The number of benzene rings is 1. The molecular formula is C14H14BrN5. The van der Waals surface area contributed by atoms with Crippen LogP contribution in [0.15, 0.2) is 47.6 Å². The molecule has 5 nitrogen and oxygen atoms in total. The first-order valence-corrected chi connectivity index (χ1v) is 7.07. The van der Waals surface area contributed by atoms with E-state index >= 15 is 0 Å². The van der Waals surface area contributed by atoms with Gasteiger partial charge in [-0.15, -0.1) is 0 Å². The van der Waals surface area contributed by atoms with Crippen molar-refractivity contribution < 1.29 is 0 Å². The van der Waals surface area contributed by atoms with Gasteiger partial charge in [0.25, 0.3) is 0 Å². The molecule has 3 rings (SSSR count). The number of imidazole rings is 1. The predicted octanol–water partition coefficient (Wildman–Crippen LogP) is 2.89. The number of nitrogens with one attached hydrogen (secondary N) is 1. The zero-order valence-corrected chi connectivity index (χ0v) is 12.3. The maximum atomic E-state index is 6.00. The van der Waals surface area contributed by atoms with Crippen molar-refractivity contribution >= 4 is 38.2 Å². The Hall–Kier alpha value is -2.08. The van der Waals surface area contributed by atoms with E-state index in [4.69, 9.17) is 5.73 Å². The zero-order valence-electron chi connectivity index (χ0n) is 10.8. The molecule has 0 amide bonds. The van der Waals surface area contributed by atoms with Gasteiger partial charge in [0.05, 0.1) is 17.5 Å². The summed E-state index contributed by atoms with van der Waals surface area (Å²) in [4.78, 5) is 8.47. The molecule has 0 spiro atoms. The van der Waals surface area contributed by atoms with Crippen LogP contribution in [0.2, 0.25) is 0 Å². The number of hydrogen-bond donors (Lipinski definition) is 2. The van der Waals surface area contributed by atoms with E-state index in [-0.39, 0.29) is 0 Å². The second kappa shape index (κ2) is 5.50. The summed E-state index contributed by atoms with van der Waals surface area (Å²) in [5.74, 6) is 0. The second-order valence-corrected chi connectivity index (χ2v) is 5.40. The lowest BCUT2D eigenvalue weighted by atomic mass is 10.1. The molecule has 0 bridgehead atoms. The number of rotatable bonds is 4. The van der Waals surface area contributed by atoms with Crippen LogP contribution in [0.4, 0.5) is 11.4 Å². The highest BCUT2D eigenvalue weighted by Crippen LogP contribution is 2.28. The van der Waals surface area contributed by atoms with Gasteiger partial charge < -0.3 is 15.6 Å². The summed E-state index contributed by atoms with van der Waals surface area (Å²) >= 11 is 3.42. The minimum Gasteiger partial charge on any atom is -0.398 e. The Morgan fingerprint density at radius 3 is 3.05 bits per heavy atom. The molecule has 0 fully saturated rings. The minimum atomic E-state index is 0.731. The van der Waals surface area contributed by atoms with Crippen LogP contribution in [-0.4, -0.2) is 21.1 Å². The number of fused-ring (bicyclic) bond motifs is 1. The molecular weight excluding hydrogens is 318 g/mol. The molecule has 3 N–H and O–H groups in total. The third-order valence-electron chi connectivity index (χ3n) is 3.09. The van der Waals surface area contributed by atoms with Gasteiger partial charge >= 0.3 is 0 Å². The fourth-order valence-corrected chi connectivity index (χ4v) is 2.43. The molecule has 1 aromatic carbocycles.